The van der Waals surface area contributed by atoms with Crippen LogP contribution in [0.15, 0.2) is 12.2 Å². The minimum atomic E-state index is -0.904. The highest BCUT2D eigenvalue weighted by Crippen LogP contribution is 2.37. The van der Waals surface area contributed by atoms with Gasteiger partial charge in [0.1, 0.15) is 6.10 Å². The average Bonchev–Trinajstić information content (AvgIpc) is 2.40. The lowest BCUT2D eigenvalue weighted by molar-refractivity contribution is -0.165. The Morgan fingerprint density at radius 3 is 2.43 bits per heavy atom. The summed E-state index contributed by atoms with van der Waals surface area (Å²) in [4.78, 5) is 23.8. The van der Waals surface area contributed by atoms with Crippen LogP contribution in [0.3, 0.4) is 0 Å². The topological polar surface area (TPSA) is 63.6 Å². The molecular weight excluding hydrogens is 268 g/mol. The molecule has 3 unspecified atom stereocenters. The smallest absolute Gasteiger partial charge is 0.310 e. The zero-order chi connectivity index (χ0) is 15.6. The number of esters is 1. The molecule has 3 atom stereocenters. The zero-order valence-corrected chi connectivity index (χ0v) is 13.2. The standard InChI is InChI=1S/C17H26O4/c1-11-5-4-6-13(14(11)15(18)19)16(20)21-12-7-9-17(2,3)10-8-12/h4-5,11-14H,6-10H2,1-3H3,(H,18,19). The van der Waals surface area contributed by atoms with Crippen molar-refractivity contribution in [2.75, 3.05) is 0 Å². The van der Waals surface area contributed by atoms with Crippen molar-refractivity contribution < 1.29 is 19.4 Å². The Labute approximate surface area is 126 Å². The van der Waals surface area contributed by atoms with Gasteiger partial charge in [-0.25, -0.2) is 0 Å². The van der Waals surface area contributed by atoms with Crippen LogP contribution >= 0.6 is 0 Å². The molecule has 1 N–H and O–H groups in total. The monoisotopic (exact) mass is 294 g/mol. The van der Waals surface area contributed by atoms with Gasteiger partial charge in [-0.1, -0.05) is 32.9 Å². The summed E-state index contributed by atoms with van der Waals surface area (Å²) in [5.74, 6) is -2.57. The van der Waals surface area contributed by atoms with Crippen LogP contribution < -0.4 is 0 Å². The van der Waals surface area contributed by atoms with Gasteiger partial charge in [-0.05, 0) is 43.4 Å². The molecule has 4 heteroatoms. The normalized spacial score (nSPS) is 32.6. The summed E-state index contributed by atoms with van der Waals surface area (Å²) in [6.07, 6.45) is 8.08. The average molecular weight is 294 g/mol. The van der Waals surface area contributed by atoms with E-state index in [1.807, 2.05) is 19.1 Å². The first-order valence-electron chi connectivity index (χ1n) is 7.90. The number of hydrogen-bond donors (Lipinski definition) is 1. The van der Waals surface area contributed by atoms with Gasteiger partial charge in [-0.3, -0.25) is 9.59 Å². The summed E-state index contributed by atoms with van der Waals surface area (Å²) < 4.78 is 5.62. The number of rotatable bonds is 3. The van der Waals surface area contributed by atoms with Crippen molar-refractivity contribution in [2.45, 2.75) is 59.0 Å². The van der Waals surface area contributed by atoms with E-state index < -0.39 is 17.8 Å². The van der Waals surface area contributed by atoms with Crippen LogP contribution in [0.1, 0.15) is 52.9 Å². The van der Waals surface area contributed by atoms with Gasteiger partial charge in [0.15, 0.2) is 0 Å². The van der Waals surface area contributed by atoms with Gasteiger partial charge in [0.2, 0.25) is 0 Å². The van der Waals surface area contributed by atoms with Crippen molar-refractivity contribution in [2.24, 2.45) is 23.2 Å². The summed E-state index contributed by atoms with van der Waals surface area (Å²) in [7, 11) is 0. The highest BCUT2D eigenvalue weighted by molar-refractivity contribution is 5.82. The van der Waals surface area contributed by atoms with E-state index in [9.17, 15) is 14.7 Å². The van der Waals surface area contributed by atoms with E-state index in [1.165, 1.54) is 0 Å². The molecule has 0 saturated heterocycles. The molecule has 0 aromatic heterocycles. The number of allylic oxidation sites excluding steroid dienone is 2. The van der Waals surface area contributed by atoms with Crippen LogP contribution in [0.25, 0.3) is 0 Å². The fourth-order valence-corrected chi connectivity index (χ4v) is 3.45. The van der Waals surface area contributed by atoms with Crippen molar-refractivity contribution in [3.8, 4) is 0 Å². The molecule has 0 aromatic carbocycles. The molecule has 0 radical (unpaired) electrons. The maximum Gasteiger partial charge on any atom is 0.310 e. The quantitative estimate of drug-likeness (QED) is 0.640. The van der Waals surface area contributed by atoms with Crippen LogP contribution in [0, 0.1) is 23.2 Å². The molecule has 0 aliphatic heterocycles. The summed E-state index contributed by atoms with van der Waals surface area (Å²) in [5, 5.41) is 9.36. The highest BCUT2D eigenvalue weighted by atomic mass is 16.5. The van der Waals surface area contributed by atoms with Gasteiger partial charge in [-0.2, -0.15) is 0 Å². The fourth-order valence-electron chi connectivity index (χ4n) is 3.45. The van der Waals surface area contributed by atoms with E-state index in [2.05, 4.69) is 13.8 Å². The third kappa shape index (κ3) is 3.86. The van der Waals surface area contributed by atoms with Gasteiger partial charge in [0.05, 0.1) is 11.8 Å². The Hall–Kier alpha value is -1.32. The summed E-state index contributed by atoms with van der Waals surface area (Å²) in [6, 6.07) is 0. The third-order valence-electron chi connectivity index (χ3n) is 4.99. The Bertz CT molecular complexity index is 428. The third-order valence-corrected chi connectivity index (χ3v) is 4.99. The molecule has 2 aliphatic carbocycles. The van der Waals surface area contributed by atoms with Crippen molar-refractivity contribution in [1.82, 2.24) is 0 Å². The Morgan fingerprint density at radius 1 is 1.24 bits per heavy atom. The lowest BCUT2D eigenvalue weighted by atomic mass is 9.75. The minimum absolute atomic E-state index is 0.0406. The molecular formula is C17H26O4. The van der Waals surface area contributed by atoms with Crippen LogP contribution in [0.4, 0.5) is 0 Å². The maximum atomic E-state index is 12.4. The Balaban J connectivity index is 1.96. The van der Waals surface area contributed by atoms with E-state index >= 15 is 0 Å². The van der Waals surface area contributed by atoms with Crippen molar-refractivity contribution >= 4 is 11.9 Å². The van der Waals surface area contributed by atoms with Crippen LogP contribution in [0.2, 0.25) is 0 Å². The molecule has 21 heavy (non-hydrogen) atoms. The number of hydrogen-bond acceptors (Lipinski definition) is 3. The van der Waals surface area contributed by atoms with Crippen molar-refractivity contribution in [1.29, 1.82) is 0 Å². The molecule has 2 rings (SSSR count). The van der Waals surface area contributed by atoms with Crippen molar-refractivity contribution in [3.05, 3.63) is 12.2 Å². The molecule has 1 fully saturated rings. The molecule has 118 valence electrons. The van der Waals surface area contributed by atoms with Gasteiger partial charge in [0, 0.05) is 0 Å². The van der Waals surface area contributed by atoms with Gasteiger partial charge >= 0.3 is 11.9 Å². The first-order valence-corrected chi connectivity index (χ1v) is 7.90. The molecule has 0 spiro atoms. The summed E-state index contributed by atoms with van der Waals surface area (Å²) in [6.45, 7) is 6.32. The molecule has 1 saturated carbocycles. The fraction of sp³-hybridized carbons (Fsp3) is 0.765. The number of aliphatic carboxylic acids is 1. The van der Waals surface area contributed by atoms with Crippen LogP contribution in [-0.4, -0.2) is 23.1 Å². The molecule has 2 aliphatic rings. The summed E-state index contributed by atoms with van der Waals surface area (Å²) in [5.41, 5.74) is 0.328. The SMILES string of the molecule is CC1C=CCC(C(=O)OC2CCC(C)(C)CC2)C1C(=O)O. The predicted octanol–water partition coefficient (Wildman–Crippen LogP) is 3.41. The molecule has 0 bridgehead atoms. The van der Waals surface area contributed by atoms with Gasteiger partial charge in [0.25, 0.3) is 0 Å². The Kier molecular flexibility index (Phi) is 4.74. The van der Waals surface area contributed by atoms with Crippen LogP contribution in [-0.2, 0) is 14.3 Å². The number of carboxylic acids is 1. The van der Waals surface area contributed by atoms with Crippen LogP contribution in [0.5, 0.6) is 0 Å². The maximum absolute atomic E-state index is 12.4. The number of ether oxygens (including phenoxy) is 1. The zero-order valence-electron chi connectivity index (χ0n) is 13.2. The second kappa shape index (κ2) is 6.20. The number of carbonyl (C=O) groups is 2. The predicted molar refractivity (Wildman–Crippen MR) is 79.7 cm³/mol. The largest absolute Gasteiger partial charge is 0.481 e. The molecule has 0 amide bonds. The van der Waals surface area contributed by atoms with E-state index in [0.29, 0.717) is 11.8 Å². The second-order valence-electron chi connectivity index (χ2n) is 7.29. The first-order chi connectivity index (χ1) is 9.80. The number of carboxylic acid groups (broad SMARTS) is 1. The first kappa shape index (κ1) is 16.1. The minimum Gasteiger partial charge on any atom is -0.481 e. The van der Waals surface area contributed by atoms with E-state index in [-0.39, 0.29) is 18.0 Å². The highest BCUT2D eigenvalue weighted by Gasteiger charge is 2.40. The van der Waals surface area contributed by atoms with E-state index in [0.717, 1.165) is 25.7 Å². The van der Waals surface area contributed by atoms with E-state index in [1.54, 1.807) is 0 Å². The van der Waals surface area contributed by atoms with Gasteiger partial charge in [-0.15, -0.1) is 0 Å². The summed E-state index contributed by atoms with van der Waals surface area (Å²) >= 11 is 0. The number of carbonyl (C=O) groups excluding carboxylic acids is 1. The lowest BCUT2D eigenvalue weighted by Gasteiger charge is -2.35. The second-order valence-corrected chi connectivity index (χ2v) is 7.29. The lowest BCUT2D eigenvalue weighted by Crippen LogP contribution is -2.39. The molecule has 4 nitrogen and oxygen atoms in total. The van der Waals surface area contributed by atoms with E-state index in [4.69, 9.17) is 4.74 Å². The van der Waals surface area contributed by atoms with Gasteiger partial charge < -0.3 is 9.84 Å². The Morgan fingerprint density at radius 2 is 1.86 bits per heavy atom. The molecule has 0 aromatic rings. The molecule has 0 heterocycles. The van der Waals surface area contributed by atoms with Crippen molar-refractivity contribution in [3.63, 3.8) is 0 Å².